The summed E-state index contributed by atoms with van der Waals surface area (Å²) in [5.41, 5.74) is 1.47. The zero-order valence-corrected chi connectivity index (χ0v) is 10.8. The smallest absolute Gasteiger partial charge is 0.153 e. The second-order valence-electron chi connectivity index (χ2n) is 3.56. The summed E-state index contributed by atoms with van der Waals surface area (Å²) in [6, 6.07) is 5.35. The number of ether oxygens (including phenoxy) is 1. The highest BCUT2D eigenvalue weighted by atomic mass is 79.9. The summed E-state index contributed by atoms with van der Waals surface area (Å²) >= 11 is 3.36. The number of aldehydes is 1. The molecule has 0 bridgehead atoms. The van der Waals surface area contributed by atoms with E-state index in [9.17, 15) is 4.79 Å². The Kier molecular flexibility index (Phi) is 3.58. The number of rotatable bonds is 4. The van der Waals surface area contributed by atoms with Crippen LogP contribution >= 0.6 is 15.9 Å². The first kappa shape index (κ1) is 11.9. The van der Waals surface area contributed by atoms with E-state index in [1.54, 1.807) is 24.7 Å². The number of carbonyl (C=O) groups is 1. The summed E-state index contributed by atoms with van der Waals surface area (Å²) in [5, 5.41) is 0. The van der Waals surface area contributed by atoms with E-state index in [-0.39, 0.29) is 0 Å². The van der Waals surface area contributed by atoms with Crippen LogP contribution in [0.5, 0.6) is 5.75 Å². The fourth-order valence-corrected chi connectivity index (χ4v) is 1.94. The molecule has 2 aromatic rings. The van der Waals surface area contributed by atoms with Gasteiger partial charge in [0.15, 0.2) is 6.29 Å². The predicted molar refractivity (Wildman–Crippen MR) is 67.1 cm³/mol. The first-order valence-corrected chi connectivity index (χ1v) is 5.83. The van der Waals surface area contributed by atoms with E-state index in [4.69, 9.17) is 4.74 Å². The summed E-state index contributed by atoms with van der Waals surface area (Å²) in [6.07, 6.45) is 4.22. The predicted octanol–water partition coefficient (Wildman–Crippen LogP) is 2.57. The summed E-state index contributed by atoms with van der Waals surface area (Å²) in [5.74, 6) is 0.559. The Bertz CT molecular complexity index is 537. The van der Waals surface area contributed by atoms with Crippen LogP contribution in [0.3, 0.4) is 0 Å². The lowest BCUT2D eigenvalue weighted by molar-refractivity contribution is 0.111. The summed E-state index contributed by atoms with van der Waals surface area (Å²) < 4.78 is 8.29. The highest BCUT2D eigenvalue weighted by Crippen LogP contribution is 2.28. The SMILES string of the molecule is Cn1cncc1COc1c(Br)cccc1C=O. The van der Waals surface area contributed by atoms with Gasteiger partial charge < -0.3 is 9.30 Å². The van der Waals surface area contributed by atoms with Gasteiger partial charge in [-0.25, -0.2) is 4.98 Å². The Morgan fingerprint density at radius 1 is 1.53 bits per heavy atom. The van der Waals surface area contributed by atoms with Crippen LogP contribution in [0.4, 0.5) is 0 Å². The monoisotopic (exact) mass is 294 g/mol. The van der Waals surface area contributed by atoms with Crippen molar-refractivity contribution in [2.45, 2.75) is 6.61 Å². The van der Waals surface area contributed by atoms with E-state index in [2.05, 4.69) is 20.9 Å². The zero-order valence-electron chi connectivity index (χ0n) is 9.26. The number of benzene rings is 1. The summed E-state index contributed by atoms with van der Waals surface area (Å²) in [4.78, 5) is 14.9. The van der Waals surface area contributed by atoms with Crippen LogP contribution in [0.2, 0.25) is 0 Å². The maximum atomic E-state index is 10.9. The average molecular weight is 295 g/mol. The quantitative estimate of drug-likeness (QED) is 0.814. The van der Waals surface area contributed by atoms with Crippen LogP contribution in [0.15, 0.2) is 35.2 Å². The van der Waals surface area contributed by atoms with Crippen molar-refractivity contribution in [3.05, 3.63) is 46.5 Å². The van der Waals surface area contributed by atoms with Crippen LogP contribution in [0.25, 0.3) is 0 Å². The molecule has 1 heterocycles. The molecule has 0 aliphatic carbocycles. The maximum Gasteiger partial charge on any atom is 0.153 e. The number of hydrogen-bond acceptors (Lipinski definition) is 3. The van der Waals surface area contributed by atoms with Crippen molar-refractivity contribution in [1.29, 1.82) is 0 Å². The molecule has 1 aromatic heterocycles. The van der Waals surface area contributed by atoms with Gasteiger partial charge in [0.25, 0.3) is 0 Å². The lowest BCUT2D eigenvalue weighted by Crippen LogP contribution is -2.03. The van der Waals surface area contributed by atoms with Crippen molar-refractivity contribution in [3.63, 3.8) is 0 Å². The molecular formula is C12H11BrN2O2. The molecule has 0 saturated heterocycles. The normalized spacial score (nSPS) is 10.2. The van der Waals surface area contributed by atoms with Crippen molar-refractivity contribution in [2.75, 3.05) is 0 Å². The second kappa shape index (κ2) is 5.14. The van der Waals surface area contributed by atoms with Crippen molar-refractivity contribution in [1.82, 2.24) is 9.55 Å². The molecule has 0 spiro atoms. The molecule has 0 fully saturated rings. The molecule has 0 amide bonds. The Balaban J connectivity index is 2.19. The summed E-state index contributed by atoms with van der Waals surface area (Å²) in [6.45, 7) is 0.375. The van der Waals surface area contributed by atoms with Crippen molar-refractivity contribution in [3.8, 4) is 5.75 Å². The van der Waals surface area contributed by atoms with E-state index >= 15 is 0 Å². The third-order valence-electron chi connectivity index (χ3n) is 2.41. The van der Waals surface area contributed by atoms with Crippen molar-refractivity contribution >= 4 is 22.2 Å². The topological polar surface area (TPSA) is 44.1 Å². The van der Waals surface area contributed by atoms with E-state index < -0.39 is 0 Å². The number of carbonyl (C=O) groups excluding carboxylic acids is 1. The Morgan fingerprint density at radius 2 is 2.35 bits per heavy atom. The van der Waals surface area contributed by atoms with Gasteiger partial charge >= 0.3 is 0 Å². The molecule has 0 radical (unpaired) electrons. The second-order valence-corrected chi connectivity index (χ2v) is 4.41. The lowest BCUT2D eigenvalue weighted by atomic mass is 10.2. The van der Waals surface area contributed by atoms with Gasteiger partial charge in [-0.15, -0.1) is 0 Å². The molecule has 0 atom stereocenters. The number of aromatic nitrogens is 2. The average Bonchev–Trinajstić information content (AvgIpc) is 2.73. The van der Waals surface area contributed by atoms with Gasteiger partial charge in [-0.2, -0.15) is 0 Å². The molecule has 4 nitrogen and oxygen atoms in total. The molecule has 0 aliphatic heterocycles. The third-order valence-corrected chi connectivity index (χ3v) is 3.03. The molecule has 0 N–H and O–H groups in total. The number of hydrogen-bond donors (Lipinski definition) is 0. The minimum absolute atomic E-state index is 0.375. The van der Waals surface area contributed by atoms with Crippen LogP contribution < -0.4 is 4.74 Å². The van der Waals surface area contributed by atoms with Gasteiger partial charge in [-0.1, -0.05) is 6.07 Å². The zero-order chi connectivity index (χ0) is 12.3. The van der Waals surface area contributed by atoms with Crippen LogP contribution in [0, 0.1) is 0 Å². The minimum atomic E-state index is 0.375. The first-order valence-electron chi connectivity index (χ1n) is 5.04. The van der Waals surface area contributed by atoms with E-state index in [0.717, 1.165) is 16.5 Å². The molecule has 1 aromatic carbocycles. The maximum absolute atomic E-state index is 10.9. The van der Waals surface area contributed by atoms with Crippen molar-refractivity contribution in [2.24, 2.45) is 7.05 Å². The Labute approximate surface area is 107 Å². The third kappa shape index (κ3) is 2.55. The molecule has 0 unspecified atom stereocenters. The van der Waals surface area contributed by atoms with Gasteiger partial charge in [0.2, 0.25) is 0 Å². The highest BCUT2D eigenvalue weighted by molar-refractivity contribution is 9.10. The van der Waals surface area contributed by atoms with Gasteiger partial charge in [0, 0.05) is 7.05 Å². The number of imidazole rings is 1. The molecule has 2 rings (SSSR count). The van der Waals surface area contributed by atoms with E-state index in [1.165, 1.54) is 0 Å². The number of nitrogens with zero attached hydrogens (tertiary/aromatic N) is 2. The lowest BCUT2D eigenvalue weighted by Gasteiger charge is -2.10. The fraction of sp³-hybridized carbons (Fsp3) is 0.167. The van der Waals surface area contributed by atoms with Gasteiger partial charge in [-0.05, 0) is 28.1 Å². The molecule has 0 aliphatic rings. The number of para-hydroxylation sites is 1. The number of aryl methyl sites for hydroxylation is 1. The minimum Gasteiger partial charge on any atom is -0.485 e. The standard InChI is InChI=1S/C12H11BrN2O2/c1-15-8-14-5-10(15)7-17-12-9(6-16)3-2-4-11(12)13/h2-6,8H,7H2,1H3. The number of halogens is 1. The molecule has 5 heteroatoms. The van der Waals surface area contributed by atoms with Gasteiger partial charge in [0.05, 0.1) is 28.3 Å². The van der Waals surface area contributed by atoms with E-state index in [1.807, 2.05) is 17.7 Å². The Hall–Kier alpha value is -1.62. The first-order chi connectivity index (χ1) is 8.22. The highest BCUT2D eigenvalue weighted by Gasteiger charge is 2.08. The fourth-order valence-electron chi connectivity index (χ4n) is 1.44. The largest absolute Gasteiger partial charge is 0.485 e. The van der Waals surface area contributed by atoms with E-state index in [0.29, 0.717) is 17.9 Å². The van der Waals surface area contributed by atoms with Crippen LogP contribution in [-0.2, 0) is 13.7 Å². The van der Waals surface area contributed by atoms with Crippen LogP contribution in [0.1, 0.15) is 16.1 Å². The Morgan fingerprint density at radius 3 is 3.00 bits per heavy atom. The van der Waals surface area contributed by atoms with Gasteiger partial charge in [-0.3, -0.25) is 4.79 Å². The molecular weight excluding hydrogens is 284 g/mol. The molecule has 17 heavy (non-hydrogen) atoms. The molecule has 0 saturated carbocycles. The molecule has 88 valence electrons. The van der Waals surface area contributed by atoms with Crippen LogP contribution in [-0.4, -0.2) is 15.8 Å². The van der Waals surface area contributed by atoms with Crippen molar-refractivity contribution < 1.29 is 9.53 Å². The van der Waals surface area contributed by atoms with Gasteiger partial charge in [0.1, 0.15) is 12.4 Å². The summed E-state index contributed by atoms with van der Waals surface area (Å²) in [7, 11) is 1.90.